The Bertz CT molecular complexity index is 425. The minimum atomic E-state index is -0.333. The van der Waals surface area contributed by atoms with Crippen LogP contribution in [0.25, 0.3) is 0 Å². The number of hydrogen-bond donors (Lipinski definition) is 2. The molecule has 0 aromatic heterocycles. The molecule has 0 saturated carbocycles. The third kappa shape index (κ3) is 1.38. The van der Waals surface area contributed by atoms with Crippen LogP contribution in [0.4, 0.5) is 4.79 Å². The molecule has 1 aromatic carbocycles. The summed E-state index contributed by atoms with van der Waals surface area (Å²) in [6.07, 6.45) is 1.50. The summed E-state index contributed by atoms with van der Waals surface area (Å²) < 4.78 is 5.19. The second-order valence-electron chi connectivity index (χ2n) is 4.34. The van der Waals surface area contributed by atoms with Gasteiger partial charge in [0.05, 0.1) is 5.54 Å². The van der Waals surface area contributed by atoms with Crippen LogP contribution in [0.15, 0.2) is 24.3 Å². The van der Waals surface area contributed by atoms with Crippen LogP contribution >= 0.6 is 0 Å². The molecule has 4 nitrogen and oxygen atoms in total. The van der Waals surface area contributed by atoms with Crippen molar-refractivity contribution < 1.29 is 9.53 Å². The molecule has 1 aromatic rings. The zero-order valence-electron chi connectivity index (χ0n) is 8.95. The minimum absolute atomic E-state index is 0.225. The molecular weight excluding hydrogens is 204 g/mol. The normalized spacial score (nSPS) is 22.1. The van der Waals surface area contributed by atoms with Crippen molar-refractivity contribution in [3.05, 3.63) is 29.8 Å². The molecule has 0 radical (unpaired) electrons. The van der Waals surface area contributed by atoms with Crippen LogP contribution in [-0.4, -0.2) is 19.2 Å². The molecule has 1 amide bonds. The van der Waals surface area contributed by atoms with E-state index >= 15 is 0 Å². The number of rotatable bonds is 0. The number of carbonyl (C=O) groups is 1. The lowest BCUT2D eigenvalue weighted by atomic mass is 9.80. The van der Waals surface area contributed by atoms with E-state index in [0.717, 1.165) is 31.5 Å². The maximum Gasteiger partial charge on any atom is 0.413 e. The molecule has 2 aliphatic heterocycles. The third-order valence-electron chi connectivity index (χ3n) is 3.40. The fourth-order valence-electron chi connectivity index (χ4n) is 2.59. The van der Waals surface area contributed by atoms with Gasteiger partial charge in [-0.15, -0.1) is 0 Å². The molecular formula is C12H14N2O2. The van der Waals surface area contributed by atoms with Gasteiger partial charge in [-0.25, -0.2) is 4.79 Å². The zero-order chi connectivity index (χ0) is 11.0. The number of benzene rings is 1. The predicted octanol–water partition coefficient (Wildman–Crippen LogP) is 1.37. The summed E-state index contributed by atoms with van der Waals surface area (Å²) in [7, 11) is 0. The number of hydrogen-bond acceptors (Lipinski definition) is 3. The van der Waals surface area contributed by atoms with Gasteiger partial charge in [0.1, 0.15) is 5.75 Å². The molecule has 3 rings (SSSR count). The summed E-state index contributed by atoms with van der Waals surface area (Å²) in [5.41, 5.74) is 0.882. The van der Waals surface area contributed by atoms with E-state index in [0.29, 0.717) is 5.75 Å². The Morgan fingerprint density at radius 1 is 1.19 bits per heavy atom. The van der Waals surface area contributed by atoms with E-state index in [9.17, 15) is 4.79 Å². The van der Waals surface area contributed by atoms with E-state index in [-0.39, 0.29) is 11.6 Å². The van der Waals surface area contributed by atoms with E-state index in [1.54, 1.807) is 0 Å². The second-order valence-corrected chi connectivity index (χ2v) is 4.34. The summed E-state index contributed by atoms with van der Waals surface area (Å²) in [6, 6.07) is 7.79. The number of para-hydroxylation sites is 1. The largest absolute Gasteiger partial charge is 0.413 e. The van der Waals surface area contributed by atoms with Crippen molar-refractivity contribution in [2.24, 2.45) is 0 Å². The lowest BCUT2D eigenvalue weighted by Gasteiger charge is -2.41. The van der Waals surface area contributed by atoms with E-state index in [2.05, 4.69) is 10.6 Å². The molecule has 2 aliphatic rings. The fourth-order valence-corrected chi connectivity index (χ4v) is 2.59. The maximum absolute atomic E-state index is 11.5. The van der Waals surface area contributed by atoms with Crippen LogP contribution in [0.2, 0.25) is 0 Å². The van der Waals surface area contributed by atoms with Crippen molar-refractivity contribution in [2.45, 2.75) is 18.4 Å². The molecule has 16 heavy (non-hydrogen) atoms. The molecule has 0 unspecified atom stereocenters. The maximum atomic E-state index is 11.5. The molecule has 1 spiro atoms. The average Bonchev–Trinajstić information content (AvgIpc) is 2.30. The number of nitrogens with one attached hydrogen (secondary N) is 2. The van der Waals surface area contributed by atoms with Crippen molar-refractivity contribution in [3.8, 4) is 5.75 Å². The van der Waals surface area contributed by atoms with Crippen LogP contribution in [0.5, 0.6) is 5.75 Å². The summed E-state index contributed by atoms with van der Waals surface area (Å²) in [5, 5.41) is 6.30. The monoisotopic (exact) mass is 218 g/mol. The fraction of sp³-hybridized carbons (Fsp3) is 0.417. The summed E-state index contributed by atoms with van der Waals surface area (Å²) in [4.78, 5) is 11.5. The van der Waals surface area contributed by atoms with Gasteiger partial charge in [-0.05, 0) is 32.0 Å². The number of piperidine rings is 1. The van der Waals surface area contributed by atoms with Crippen molar-refractivity contribution in [1.82, 2.24) is 10.6 Å². The van der Waals surface area contributed by atoms with Gasteiger partial charge >= 0.3 is 6.09 Å². The van der Waals surface area contributed by atoms with Crippen molar-refractivity contribution in [2.75, 3.05) is 13.1 Å². The van der Waals surface area contributed by atoms with Crippen molar-refractivity contribution in [1.29, 1.82) is 0 Å². The van der Waals surface area contributed by atoms with Gasteiger partial charge in [-0.1, -0.05) is 18.2 Å². The molecule has 0 aliphatic carbocycles. The van der Waals surface area contributed by atoms with Crippen LogP contribution < -0.4 is 15.4 Å². The zero-order valence-corrected chi connectivity index (χ0v) is 8.95. The molecule has 2 N–H and O–H groups in total. The highest BCUT2D eigenvalue weighted by atomic mass is 16.6. The number of fused-ring (bicyclic) bond motifs is 2. The van der Waals surface area contributed by atoms with Crippen molar-refractivity contribution in [3.63, 3.8) is 0 Å². The van der Waals surface area contributed by atoms with E-state index in [4.69, 9.17) is 4.74 Å². The minimum Gasteiger partial charge on any atom is -0.410 e. The first-order valence-electron chi connectivity index (χ1n) is 5.60. The highest BCUT2D eigenvalue weighted by Gasteiger charge is 2.41. The Labute approximate surface area is 94.0 Å². The first-order chi connectivity index (χ1) is 7.80. The van der Waals surface area contributed by atoms with E-state index in [1.165, 1.54) is 0 Å². The topological polar surface area (TPSA) is 50.4 Å². The van der Waals surface area contributed by atoms with E-state index < -0.39 is 0 Å². The lowest BCUT2D eigenvalue weighted by molar-refractivity contribution is 0.154. The average molecular weight is 218 g/mol. The second kappa shape index (κ2) is 3.49. The predicted molar refractivity (Wildman–Crippen MR) is 59.4 cm³/mol. The highest BCUT2D eigenvalue weighted by molar-refractivity contribution is 5.75. The smallest absolute Gasteiger partial charge is 0.410 e. The van der Waals surface area contributed by atoms with Gasteiger partial charge in [0.25, 0.3) is 0 Å². The standard InChI is InChI=1S/C12H14N2O2/c15-11-14-12(5-7-13-8-6-12)9-3-1-2-4-10(9)16-11/h1-4,13H,5-8H2,(H,14,15). The Balaban J connectivity index is 2.08. The van der Waals surface area contributed by atoms with Crippen LogP contribution in [0.3, 0.4) is 0 Å². The SMILES string of the molecule is O=C1NC2(CCNCC2)c2ccccc2O1. The van der Waals surface area contributed by atoms with Gasteiger partial charge in [-0.2, -0.15) is 0 Å². The van der Waals surface area contributed by atoms with Gasteiger partial charge in [-0.3, -0.25) is 0 Å². The number of carbonyl (C=O) groups excluding carboxylic acids is 1. The summed E-state index contributed by atoms with van der Waals surface area (Å²) in [5.74, 6) is 0.702. The van der Waals surface area contributed by atoms with E-state index in [1.807, 2.05) is 24.3 Å². The van der Waals surface area contributed by atoms with Crippen LogP contribution in [0.1, 0.15) is 18.4 Å². The first kappa shape index (κ1) is 9.66. The Morgan fingerprint density at radius 2 is 1.94 bits per heavy atom. The molecule has 1 fully saturated rings. The summed E-state index contributed by atoms with van der Waals surface area (Å²) in [6.45, 7) is 1.85. The molecule has 0 atom stereocenters. The van der Waals surface area contributed by atoms with Gasteiger partial charge < -0.3 is 15.4 Å². The molecule has 4 heteroatoms. The summed E-state index contributed by atoms with van der Waals surface area (Å²) >= 11 is 0. The molecule has 0 bridgehead atoms. The lowest BCUT2D eigenvalue weighted by Crippen LogP contribution is -2.55. The third-order valence-corrected chi connectivity index (χ3v) is 3.40. The number of ether oxygens (including phenoxy) is 1. The van der Waals surface area contributed by atoms with Gasteiger partial charge in [0.15, 0.2) is 0 Å². The Morgan fingerprint density at radius 3 is 2.75 bits per heavy atom. The van der Waals surface area contributed by atoms with Crippen LogP contribution in [-0.2, 0) is 5.54 Å². The first-order valence-corrected chi connectivity index (χ1v) is 5.60. The van der Waals surface area contributed by atoms with Gasteiger partial charge in [0, 0.05) is 5.56 Å². The Hall–Kier alpha value is -1.55. The highest BCUT2D eigenvalue weighted by Crippen LogP contribution is 2.39. The number of amides is 1. The quantitative estimate of drug-likeness (QED) is 0.691. The van der Waals surface area contributed by atoms with Crippen LogP contribution in [0, 0.1) is 0 Å². The Kier molecular flexibility index (Phi) is 2.11. The van der Waals surface area contributed by atoms with Gasteiger partial charge in [0.2, 0.25) is 0 Å². The molecule has 2 heterocycles. The molecule has 1 saturated heterocycles. The molecule has 84 valence electrons. The van der Waals surface area contributed by atoms with Crippen molar-refractivity contribution >= 4 is 6.09 Å².